The summed E-state index contributed by atoms with van der Waals surface area (Å²) in [4.78, 5) is 7.85. The summed E-state index contributed by atoms with van der Waals surface area (Å²) in [5.41, 5.74) is 5.42. The molecule has 0 aromatic heterocycles. The Balaban J connectivity index is 2.10. The number of hydrogen-bond donors (Lipinski definition) is 1. The average Bonchev–Trinajstić information content (AvgIpc) is 2.35. The van der Waals surface area contributed by atoms with Crippen LogP contribution in [0, 0.1) is 5.92 Å². The van der Waals surface area contributed by atoms with Crippen LogP contribution in [0.25, 0.3) is 0 Å². The molecule has 1 N–H and O–H groups in total. The van der Waals surface area contributed by atoms with Gasteiger partial charge in [0.05, 0.1) is 11.1 Å². The Morgan fingerprint density at radius 3 is 3.24 bits per heavy atom. The molecule has 1 fully saturated rings. The Labute approximate surface area is 112 Å². The molecular weight excluding hydrogens is 259 g/mol. The topological polar surface area (TPSA) is 24.5 Å². The molecule has 0 spiro atoms. The summed E-state index contributed by atoms with van der Waals surface area (Å²) in [5, 5.41) is 0.528. The average molecular weight is 275 g/mol. The maximum absolute atomic E-state index is 5.84. The molecule has 0 aromatic carbocycles. The van der Waals surface area contributed by atoms with Crippen molar-refractivity contribution in [3.05, 3.63) is 34.5 Å². The first-order chi connectivity index (χ1) is 8.20. The van der Waals surface area contributed by atoms with E-state index in [-0.39, 0.29) is 6.10 Å². The molecule has 17 heavy (non-hydrogen) atoms. The number of hydroxylamine groups is 1. The number of rotatable bonds is 2. The number of likely N-dealkylation sites (tertiary alicyclic amines) is 1. The SMILES string of the molecule is CN1CCC2ONC=C(/C=C\C(Cl)=C\Cl)C2C1. The van der Waals surface area contributed by atoms with Gasteiger partial charge in [-0.25, -0.2) is 0 Å². The van der Waals surface area contributed by atoms with Crippen LogP contribution in [0.4, 0.5) is 0 Å². The van der Waals surface area contributed by atoms with Crippen LogP contribution in [0.15, 0.2) is 34.5 Å². The normalized spacial score (nSPS) is 31.0. The lowest BCUT2D eigenvalue weighted by atomic mass is 9.87. The molecule has 2 aliphatic heterocycles. The monoisotopic (exact) mass is 274 g/mol. The molecule has 0 radical (unpaired) electrons. The maximum Gasteiger partial charge on any atom is 0.0946 e. The van der Waals surface area contributed by atoms with E-state index < -0.39 is 0 Å². The first-order valence-electron chi connectivity index (χ1n) is 5.64. The molecular formula is C12H16Cl2N2O. The second kappa shape index (κ2) is 5.91. The Hall–Kier alpha value is -0.480. The molecule has 2 unspecified atom stereocenters. The number of nitrogens with one attached hydrogen (secondary N) is 1. The molecule has 94 valence electrons. The number of fused-ring (bicyclic) bond motifs is 1. The standard InChI is InChI=1S/C12H16Cl2N2O/c1-16-5-4-12-11(8-16)9(7-15-17-12)2-3-10(14)6-13/h2-3,6-7,11-12,15H,4-5,8H2,1H3/b3-2-,10-6-. The fourth-order valence-electron chi connectivity index (χ4n) is 2.23. The molecule has 0 bridgehead atoms. The van der Waals surface area contributed by atoms with Crippen LogP contribution in [-0.4, -0.2) is 31.1 Å². The first-order valence-corrected chi connectivity index (χ1v) is 6.46. The van der Waals surface area contributed by atoms with Gasteiger partial charge < -0.3 is 4.90 Å². The summed E-state index contributed by atoms with van der Waals surface area (Å²) in [6.45, 7) is 2.08. The van der Waals surface area contributed by atoms with E-state index in [1.807, 2.05) is 12.3 Å². The smallest absolute Gasteiger partial charge is 0.0946 e. The maximum atomic E-state index is 5.84. The number of nitrogens with zero attached hydrogens (tertiary/aromatic N) is 1. The summed E-state index contributed by atoms with van der Waals surface area (Å²) in [6.07, 6.45) is 6.97. The lowest BCUT2D eigenvalue weighted by Crippen LogP contribution is -2.46. The molecule has 5 heteroatoms. The predicted molar refractivity (Wildman–Crippen MR) is 70.6 cm³/mol. The van der Waals surface area contributed by atoms with Crippen molar-refractivity contribution in [2.24, 2.45) is 5.92 Å². The highest BCUT2D eigenvalue weighted by atomic mass is 35.5. The Morgan fingerprint density at radius 1 is 1.65 bits per heavy atom. The van der Waals surface area contributed by atoms with E-state index >= 15 is 0 Å². The fourth-order valence-corrected chi connectivity index (χ4v) is 2.37. The summed E-state index contributed by atoms with van der Waals surface area (Å²) in [5.74, 6) is 0.394. The van der Waals surface area contributed by atoms with Crippen LogP contribution in [0.5, 0.6) is 0 Å². The Kier molecular flexibility index (Phi) is 4.51. The van der Waals surface area contributed by atoms with Gasteiger partial charge in [-0.1, -0.05) is 29.3 Å². The highest BCUT2D eigenvalue weighted by Crippen LogP contribution is 2.29. The quantitative estimate of drug-likeness (QED) is 0.784. The van der Waals surface area contributed by atoms with E-state index in [2.05, 4.69) is 17.4 Å². The zero-order chi connectivity index (χ0) is 12.3. The summed E-state index contributed by atoms with van der Waals surface area (Å²) >= 11 is 11.4. The van der Waals surface area contributed by atoms with Crippen molar-refractivity contribution in [2.45, 2.75) is 12.5 Å². The minimum absolute atomic E-state index is 0.245. The van der Waals surface area contributed by atoms with Crippen molar-refractivity contribution in [2.75, 3.05) is 20.1 Å². The molecule has 2 aliphatic rings. The van der Waals surface area contributed by atoms with Gasteiger partial charge >= 0.3 is 0 Å². The van der Waals surface area contributed by atoms with Crippen molar-refractivity contribution < 1.29 is 4.84 Å². The van der Waals surface area contributed by atoms with E-state index in [4.69, 9.17) is 28.0 Å². The molecule has 0 saturated carbocycles. The van der Waals surface area contributed by atoms with Crippen LogP contribution < -0.4 is 5.48 Å². The molecule has 0 amide bonds. The third-order valence-electron chi connectivity index (χ3n) is 3.16. The van der Waals surface area contributed by atoms with Gasteiger partial charge in [0, 0.05) is 30.7 Å². The number of allylic oxidation sites excluding steroid dienone is 3. The molecule has 3 nitrogen and oxygen atoms in total. The Bertz CT molecular complexity index is 366. The number of hydrogen-bond acceptors (Lipinski definition) is 3. The van der Waals surface area contributed by atoms with Crippen LogP contribution in [0.2, 0.25) is 0 Å². The summed E-state index contributed by atoms with van der Waals surface area (Å²) in [7, 11) is 2.13. The van der Waals surface area contributed by atoms with Crippen LogP contribution in [0.3, 0.4) is 0 Å². The predicted octanol–water partition coefficient (Wildman–Crippen LogP) is 2.60. The van der Waals surface area contributed by atoms with Gasteiger partial charge in [-0.05, 0) is 25.1 Å². The molecule has 2 heterocycles. The first kappa shape index (κ1) is 13.0. The largest absolute Gasteiger partial charge is 0.306 e. The lowest BCUT2D eigenvalue weighted by molar-refractivity contribution is -0.0676. The third-order valence-corrected chi connectivity index (χ3v) is 3.75. The second-order valence-corrected chi connectivity index (χ2v) is 5.06. The van der Waals surface area contributed by atoms with E-state index in [0.29, 0.717) is 11.0 Å². The van der Waals surface area contributed by atoms with Gasteiger partial charge in [-0.2, -0.15) is 0 Å². The third kappa shape index (κ3) is 3.26. The lowest BCUT2D eigenvalue weighted by Gasteiger charge is -2.39. The van der Waals surface area contributed by atoms with Gasteiger partial charge in [0.1, 0.15) is 0 Å². The Morgan fingerprint density at radius 2 is 2.47 bits per heavy atom. The molecule has 2 rings (SSSR count). The van der Waals surface area contributed by atoms with Crippen molar-refractivity contribution in [3.8, 4) is 0 Å². The molecule has 0 aliphatic carbocycles. The number of halogens is 2. The fraction of sp³-hybridized carbons (Fsp3) is 0.500. The van der Waals surface area contributed by atoms with E-state index in [9.17, 15) is 0 Å². The van der Waals surface area contributed by atoms with Crippen molar-refractivity contribution in [1.29, 1.82) is 0 Å². The van der Waals surface area contributed by atoms with Crippen molar-refractivity contribution >= 4 is 23.2 Å². The van der Waals surface area contributed by atoms with Gasteiger partial charge in [0.2, 0.25) is 0 Å². The highest BCUT2D eigenvalue weighted by molar-refractivity contribution is 6.37. The van der Waals surface area contributed by atoms with E-state index in [1.54, 1.807) is 6.08 Å². The number of piperidine rings is 1. The van der Waals surface area contributed by atoms with Gasteiger partial charge in [-0.3, -0.25) is 10.3 Å². The van der Waals surface area contributed by atoms with Crippen LogP contribution in [-0.2, 0) is 4.84 Å². The minimum atomic E-state index is 0.245. The van der Waals surface area contributed by atoms with Crippen LogP contribution >= 0.6 is 23.2 Å². The highest BCUT2D eigenvalue weighted by Gasteiger charge is 2.32. The molecule has 1 saturated heterocycles. The van der Waals surface area contributed by atoms with Gasteiger partial charge in [-0.15, -0.1) is 0 Å². The molecule has 2 atom stereocenters. The summed E-state index contributed by atoms with van der Waals surface area (Å²) < 4.78 is 0. The zero-order valence-electron chi connectivity index (χ0n) is 9.70. The van der Waals surface area contributed by atoms with E-state index in [1.165, 1.54) is 11.1 Å². The minimum Gasteiger partial charge on any atom is -0.306 e. The van der Waals surface area contributed by atoms with Crippen molar-refractivity contribution in [1.82, 2.24) is 10.4 Å². The van der Waals surface area contributed by atoms with E-state index in [0.717, 1.165) is 19.5 Å². The second-order valence-electron chi connectivity index (χ2n) is 4.40. The van der Waals surface area contributed by atoms with Gasteiger partial charge in [0.25, 0.3) is 0 Å². The van der Waals surface area contributed by atoms with Crippen LogP contribution in [0.1, 0.15) is 6.42 Å². The zero-order valence-corrected chi connectivity index (χ0v) is 11.2. The molecule has 0 aromatic rings. The van der Waals surface area contributed by atoms with Gasteiger partial charge in [0.15, 0.2) is 0 Å². The van der Waals surface area contributed by atoms with Crippen molar-refractivity contribution in [3.63, 3.8) is 0 Å². The summed E-state index contributed by atoms with van der Waals surface area (Å²) in [6, 6.07) is 0.